The summed E-state index contributed by atoms with van der Waals surface area (Å²) < 4.78 is 5.59. The van der Waals surface area contributed by atoms with Crippen LogP contribution in [0.4, 0.5) is 0 Å². The summed E-state index contributed by atoms with van der Waals surface area (Å²) in [7, 11) is 2.13. The van der Waals surface area contributed by atoms with Crippen molar-refractivity contribution in [3.8, 4) is 0 Å². The molecule has 0 unspecified atom stereocenters. The first-order chi connectivity index (χ1) is 10.7. The molecule has 0 aliphatic carbocycles. The van der Waals surface area contributed by atoms with Gasteiger partial charge in [0.15, 0.2) is 0 Å². The maximum atomic E-state index is 5.59. The lowest BCUT2D eigenvalue weighted by atomic mass is 10.1. The van der Waals surface area contributed by atoms with E-state index in [0.717, 1.165) is 18.7 Å². The molecule has 1 aromatic heterocycles. The van der Waals surface area contributed by atoms with Crippen LogP contribution in [0.15, 0.2) is 65.3 Å². The molecule has 0 aliphatic rings. The average Bonchev–Trinajstić information content (AvgIpc) is 2.93. The first-order valence-corrected chi connectivity index (χ1v) is 7.59. The van der Waals surface area contributed by atoms with Crippen LogP contribution in [0.5, 0.6) is 0 Å². The molecule has 0 spiro atoms. The molecule has 1 heterocycles. The van der Waals surface area contributed by atoms with Gasteiger partial charge >= 0.3 is 0 Å². The second-order valence-electron chi connectivity index (χ2n) is 5.77. The summed E-state index contributed by atoms with van der Waals surface area (Å²) in [6.07, 6.45) is 6.24. The molecule has 0 N–H and O–H groups in total. The second kappa shape index (κ2) is 8.00. The lowest BCUT2D eigenvalue weighted by molar-refractivity contribution is 0.363. The molecule has 3 aromatic rings. The topological polar surface area (TPSA) is 16.4 Å². The molecule has 0 amide bonds. The largest absolute Gasteiger partial charge is 0.464 e. The standard InChI is InChI=1S/C20H21NO.ClH/c1-16-9-11-17(12-10-16)6-5-13-21(2)14-18-15-22-20-8-4-3-7-19(18)20;/h3-12,15H,13-14H2,1-2H3;1H/b6-5+;. The maximum Gasteiger partial charge on any atom is 0.134 e. The van der Waals surface area contributed by atoms with E-state index in [9.17, 15) is 0 Å². The zero-order valence-corrected chi connectivity index (χ0v) is 14.3. The fraction of sp³-hybridized carbons (Fsp3) is 0.200. The molecule has 0 radical (unpaired) electrons. The maximum absolute atomic E-state index is 5.59. The summed E-state index contributed by atoms with van der Waals surface area (Å²) in [4.78, 5) is 2.28. The van der Waals surface area contributed by atoms with Crippen LogP contribution in [-0.2, 0) is 6.54 Å². The minimum absolute atomic E-state index is 0. The molecule has 0 saturated carbocycles. The monoisotopic (exact) mass is 327 g/mol. The van der Waals surface area contributed by atoms with E-state index < -0.39 is 0 Å². The van der Waals surface area contributed by atoms with Crippen molar-refractivity contribution in [2.24, 2.45) is 0 Å². The van der Waals surface area contributed by atoms with Crippen LogP contribution >= 0.6 is 12.4 Å². The van der Waals surface area contributed by atoms with Crippen LogP contribution in [0, 0.1) is 6.92 Å². The van der Waals surface area contributed by atoms with Gasteiger partial charge in [-0.2, -0.15) is 0 Å². The Labute approximate surface area is 143 Å². The number of para-hydroxylation sites is 1. The van der Waals surface area contributed by atoms with Crippen molar-refractivity contribution in [1.82, 2.24) is 4.90 Å². The Morgan fingerprint density at radius 2 is 1.78 bits per heavy atom. The number of fused-ring (bicyclic) bond motifs is 1. The molecule has 0 aliphatic heterocycles. The highest BCUT2D eigenvalue weighted by Gasteiger charge is 2.06. The predicted molar refractivity (Wildman–Crippen MR) is 100 cm³/mol. The quantitative estimate of drug-likeness (QED) is 0.631. The van der Waals surface area contributed by atoms with Crippen LogP contribution in [0.1, 0.15) is 16.7 Å². The fourth-order valence-electron chi connectivity index (χ4n) is 2.56. The first-order valence-electron chi connectivity index (χ1n) is 7.59. The van der Waals surface area contributed by atoms with Gasteiger partial charge in [-0.3, -0.25) is 4.90 Å². The molecule has 2 nitrogen and oxygen atoms in total. The molecule has 23 heavy (non-hydrogen) atoms. The van der Waals surface area contributed by atoms with Gasteiger partial charge in [0.05, 0.1) is 6.26 Å². The van der Waals surface area contributed by atoms with Gasteiger partial charge in [-0.25, -0.2) is 0 Å². The van der Waals surface area contributed by atoms with Crippen LogP contribution in [-0.4, -0.2) is 18.5 Å². The summed E-state index contributed by atoms with van der Waals surface area (Å²) in [6, 6.07) is 16.8. The number of hydrogen-bond acceptors (Lipinski definition) is 2. The number of rotatable bonds is 5. The molecule has 0 fully saturated rings. The van der Waals surface area contributed by atoms with Gasteiger partial charge in [-0.15, -0.1) is 12.4 Å². The van der Waals surface area contributed by atoms with E-state index in [0.29, 0.717) is 0 Å². The normalized spacial score (nSPS) is 11.3. The molecular weight excluding hydrogens is 306 g/mol. The Morgan fingerprint density at radius 3 is 2.57 bits per heavy atom. The first kappa shape index (κ1) is 17.3. The number of aryl methyl sites for hydroxylation is 1. The fourth-order valence-corrected chi connectivity index (χ4v) is 2.56. The molecule has 3 rings (SSSR count). The number of benzene rings is 2. The molecule has 120 valence electrons. The SMILES string of the molecule is Cc1ccc(/C=C/CN(C)Cc2coc3ccccc23)cc1.Cl. The van der Waals surface area contributed by atoms with Crippen molar-refractivity contribution in [3.63, 3.8) is 0 Å². The van der Waals surface area contributed by atoms with Gasteiger partial charge in [0, 0.05) is 24.0 Å². The Kier molecular flexibility index (Phi) is 6.03. The van der Waals surface area contributed by atoms with Gasteiger partial charge in [-0.05, 0) is 25.6 Å². The number of halogens is 1. The number of hydrogen-bond donors (Lipinski definition) is 0. The van der Waals surface area contributed by atoms with E-state index in [1.165, 1.54) is 22.1 Å². The summed E-state index contributed by atoms with van der Waals surface area (Å²) in [5, 5.41) is 1.21. The van der Waals surface area contributed by atoms with Crippen LogP contribution in [0.2, 0.25) is 0 Å². The van der Waals surface area contributed by atoms with E-state index in [4.69, 9.17) is 4.42 Å². The highest BCUT2D eigenvalue weighted by atomic mass is 35.5. The van der Waals surface area contributed by atoms with E-state index in [-0.39, 0.29) is 12.4 Å². The third kappa shape index (κ3) is 4.47. The van der Waals surface area contributed by atoms with Crippen molar-refractivity contribution < 1.29 is 4.42 Å². The summed E-state index contributed by atoms with van der Waals surface area (Å²) >= 11 is 0. The minimum Gasteiger partial charge on any atom is -0.464 e. The molecular formula is C20H22ClNO. The van der Waals surface area contributed by atoms with Gasteiger partial charge in [0.2, 0.25) is 0 Å². The van der Waals surface area contributed by atoms with Crippen molar-refractivity contribution in [2.75, 3.05) is 13.6 Å². The van der Waals surface area contributed by atoms with Crippen LogP contribution in [0.3, 0.4) is 0 Å². The summed E-state index contributed by atoms with van der Waals surface area (Å²) in [5.74, 6) is 0. The van der Waals surface area contributed by atoms with Gasteiger partial charge in [0.1, 0.15) is 5.58 Å². The number of furan rings is 1. The van der Waals surface area contributed by atoms with Crippen LogP contribution in [0.25, 0.3) is 17.0 Å². The molecule has 0 bridgehead atoms. The average molecular weight is 328 g/mol. The third-order valence-corrected chi connectivity index (χ3v) is 3.81. The van der Waals surface area contributed by atoms with E-state index in [2.05, 4.69) is 67.4 Å². The van der Waals surface area contributed by atoms with Crippen LogP contribution < -0.4 is 0 Å². The molecule has 0 atom stereocenters. The Balaban J connectivity index is 0.00000192. The molecule has 3 heteroatoms. The number of nitrogens with zero attached hydrogens (tertiary/aromatic N) is 1. The predicted octanol–water partition coefficient (Wildman–Crippen LogP) is 5.31. The number of likely N-dealkylation sites (N-methyl/N-ethyl adjacent to an activating group) is 1. The Morgan fingerprint density at radius 1 is 1.04 bits per heavy atom. The Bertz CT molecular complexity index is 774. The highest BCUT2D eigenvalue weighted by Crippen LogP contribution is 2.21. The van der Waals surface area contributed by atoms with E-state index >= 15 is 0 Å². The van der Waals surface area contributed by atoms with Gasteiger partial charge in [-0.1, -0.05) is 60.2 Å². The van der Waals surface area contributed by atoms with Crippen molar-refractivity contribution in [2.45, 2.75) is 13.5 Å². The summed E-state index contributed by atoms with van der Waals surface area (Å²) in [5.41, 5.74) is 4.73. The van der Waals surface area contributed by atoms with Gasteiger partial charge < -0.3 is 4.42 Å². The third-order valence-electron chi connectivity index (χ3n) is 3.81. The van der Waals surface area contributed by atoms with Crippen molar-refractivity contribution >= 4 is 29.5 Å². The lowest BCUT2D eigenvalue weighted by Crippen LogP contribution is -2.17. The highest BCUT2D eigenvalue weighted by molar-refractivity contribution is 5.85. The van der Waals surface area contributed by atoms with E-state index in [1.54, 1.807) is 0 Å². The minimum atomic E-state index is 0. The Hall–Kier alpha value is -2.03. The van der Waals surface area contributed by atoms with Gasteiger partial charge in [0.25, 0.3) is 0 Å². The van der Waals surface area contributed by atoms with E-state index in [1.807, 2.05) is 18.4 Å². The zero-order valence-electron chi connectivity index (χ0n) is 13.5. The molecule has 0 saturated heterocycles. The second-order valence-corrected chi connectivity index (χ2v) is 5.77. The van der Waals surface area contributed by atoms with Crippen molar-refractivity contribution in [1.29, 1.82) is 0 Å². The zero-order chi connectivity index (χ0) is 15.4. The summed E-state index contributed by atoms with van der Waals surface area (Å²) in [6.45, 7) is 3.90. The smallest absolute Gasteiger partial charge is 0.134 e. The molecule has 2 aromatic carbocycles. The lowest BCUT2D eigenvalue weighted by Gasteiger charge is -2.13. The van der Waals surface area contributed by atoms with Crippen molar-refractivity contribution in [3.05, 3.63) is 77.6 Å².